The molecule has 2 N–H and O–H groups in total. The summed E-state index contributed by atoms with van der Waals surface area (Å²) in [5.74, 6) is -0.414. The normalized spacial score (nSPS) is 18.7. The molecule has 0 radical (unpaired) electrons. The van der Waals surface area contributed by atoms with Crippen molar-refractivity contribution < 1.29 is 9.53 Å². The second-order valence-electron chi connectivity index (χ2n) is 4.36. The number of halogens is 1. The van der Waals surface area contributed by atoms with Crippen LogP contribution in [-0.4, -0.2) is 32.2 Å². The van der Waals surface area contributed by atoms with Gasteiger partial charge in [0.25, 0.3) is 0 Å². The van der Waals surface area contributed by atoms with Gasteiger partial charge in [0, 0.05) is 18.3 Å². The van der Waals surface area contributed by atoms with Crippen molar-refractivity contribution >= 4 is 23.3 Å². The number of nitrogens with one attached hydrogen (secondary N) is 2. The van der Waals surface area contributed by atoms with Gasteiger partial charge in [0.05, 0.1) is 17.7 Å². The van der Waals surface area contributed by atoms with Gasteiger partial charge < -0.3 is 15.4 Å². The van der Waals surface area contributed by atoms with E-state index in [2.05, 4.69) is 15.4 Å². The van der Waals surface area contributed by atoms with Crippen molar-refractivity contribution in [2.24, 2.45) is 0 Å². The third-order valence-corrected chi connectivity index (χ3v) is 3.42. The van der Waals surface area contributed by atoms with Gasteiger partial charge in [-0.25, -0.2) is 4.79 Å². The first-order valence-corrected chi connectivity index (χ1v) is 6.43. The van der Waals surface area contributed by atoms with Crippen LogP contribution in [0.25, 0.3) is 0 Å². The summed E-state index contributed by atoms with van der Waals surface area (Å²) in [5.41, 5.74) is 1.28. The van der Waals surface area contributed by atoms with E-state index >= 15 is 0 Å². The summed E-state index contributed by atoms with van der Waals surface area (Å²) in [6.45, 7) is 1.93. The molecule has 1 heterocycles. The maximum absolute atomic E-state index is 11.5. The second-order valence-corrected chi connectivity index (χ2v) is 4.77. The lowest BCUT2D eigenvalue weighted by Gasteiger charge is -2.13. The molecule has 1 unspecified atom stereocenters. The van der Waals surface area contributed by atoms with Gasteiger partial charge >= 0.3 is 5.97 Å². The Morgan fingerprint density at radius 1 is 1.61 bits per heavy atom. The predicted molar refractivity (Wildman–Crippen MR) is 72.3 cm³/mol. The van der Waals surface area contributed by atoms with Crippen LogP contribution in [0.2, 0.25) is 5.02 Å². The summed E-state index contributed by atoms with van der Waals surface area (Å²) in [6.07, 6.45) is 2.41. The number of esters is 1. The quantitative estimate of drug-likeness (QED) is 0.823. The van der Waals surface area contributed by atoms with Gasteiger partial charge in [0.2, 0.25) is 0 Å². The molecule has 4 nitrogen and oxygen atoms in total. The highest BCUT2D eigenvalue weighted by molar-refractivity contribution is 6.33. The van der Waals surface area contributed by atoms with Gasteiger partial charge in [0.1, 0.15) is 0 Å². The summed E-state index contributed by atoms with van der Waals surface area (Å²) in [4.78, 5) is 11.5. The summed E-state index contributed by atoms with van der Waals surface area (Å²) >= 11 is 5.96. The summed E-state index contributed by atoms with van der Waals surface area (Å²) in [5, 5.41) is 7.12. The molecule has 0 aliphatic carbocycles. The Kier molecular flexibility index (Phi) is 4.44. The Bertz CT molecular complexity index is 431. The molecule has 98 valence electrons. The van der Waals surface area contributed by atoms with Crippen LogP contribution in [0, 0.1) is 0 Å². The standard InChI is InChI=1S/C13H17ClN2O2/c1-18-13(17)11-7-9(4-5-12(11)14)16-8-10-3-2-6-15-10/h4-5,7,10,15-16H,2-3,6,8H2,1H3. The maximum atomic E-state index is 11.5. The number of anilines is 1. The number of carbonyl (C=O) groups excluding carboxylic acids is 1. The molecular weight excluding hydrogens is 252 g/mol. The predicted octanol–water partition coefficient (Wildman–Crippen LogP) is 2.29. The number of carbonyl (C=O) groups is 1. The van der Waals surface area contributed by atoms with Gasteiger partial charge in [-0.2, -0.15) is 0 Å². The van der Waals surface area contributed by atoms with E-state index in [1.807, 2.05) is 6.07 Å². The van der Waals surface area contributed by atoms with Gasteiger partial charge in [-0.15, -0.1) is 0 Å². The van der Waals surface area contributed by atoms with E-state index in [0.29, 0.717) is 16.6 Å². The lowest BCUT2D eigenvalue weighted by atomic mass is 10.2. The molecule has 5 heteroatoms. The van der Waals surface area contributed by atoms with E-state index in [1.54, 1.807) is 12.1 Å². The van der Waals surface area contributed by atoms with Crippen molar-refractivity contribution in [1.82, 2.24) is 5.32 Å². The van der Waals surface area contributed by atoms with E-state index in [1.165, 1.54) is 20.0 Å². The van der Waals surface area contributed by atoms with Crippen molar-refractivity contribution in [3.05, 3.63) is 28.8 Å². The number of rotatable bonds is 4. The molecule has 1 aliphatic heterocycles. The third-order valence-electron chi connectivity index (χ3n) is 3.09. The first kappa shape index (κ1) is 13.2. The van der Waals surface area contributed by atoms with Gasteiger partial charge in [0.15, 0.2) is 0 Å². The number of methoxy groups -OCH3 is 1. The van der Waals surface area contributed by atoms with Crippen LogP contribution in [0.1, 0.15) is 23.2 Å². The van der Waals surface area contributed by atoms with Crippen molar-refractivity contribution in [3.8, 4) is 0 Å². The first-order valence-electron chi connectivity index (χ1n) is 6.06. The second kappa shape index (κ2) is 6.07. The topological polar surface area (TPSA) is 50.4 Å². The fourth-order valence-corrected chi connectivity index (χ4v) is 2.27. The molecule has 1 aromatic rings. The van der Waals surface area contributed by atoms with Gasteiger partial charge in [-0.1, -0.05) is 11.6 Å². The lowest BCUT2D eigenvalue weighted by molar-refractivity contribution is 0.0601. The Balaban J connectivity index is 2.02. The van der Waals surface area contributed by atoms with E-state index in [9.17, 15) is 4.79 Å². The minimum atomic E-state index is -0.414. The first-order chi connectivity index (χ1) is 8.70. The average Bonchev–Trinajstić information content (AvgIpc) is 2.90. The van der Waals surface area contributed by atoms with E-state index in [0.717, 1.165) is 18.8 Å². The Hall–Kier alpha value is -1.26. The van der Waals surface area contributed by atoms with E-state index in [4.69, 9.17) is 11.6 Å². The molecule has 18 heavy (non-hydrogen) atoms. The summed E-state index contributed by atoms with van der Waals surface area (Å²) < 4.78 is 4.69. The van der Waals surface area contributed by atoms with Crippen LogP contribution in [0.4, 0.5) is 5.69 Å². The average molecular weight is 269 g/mol. The maximum Gasteiger partial charge on any atom is 0.339 e. The minimum absolute atomic E-state index is 0.392. The molecule has 0 saturated carbocycles. The molecule has 2 rings (SSSR count). The zero-order valence-corrected chi connectivity index (χ0v) is 11.1. The van der Waals surface area contributed by atoms with E-state index in [-0.39, 0.29) is 0 Å². The SMILES string of the molecule is COC(=O)c1cc(NCC2CCCN2)ccc1Cl. The molecule has 1 saturated heterocycles. The number of hydrogen-bond acceptors (Lipinski definition) is 4. The number of hydrogen-bond donors (Lipinski definition) is 2. The summed E-state index contributed by atoms with van der Waals surface area (Å²) in [7, 11) is 1.35. The molecule has 1 atom stereocenters. The molecule has 0 bridgehead atoms. The summed E-state index contributed by atoms with van der Waals surface area (Å²) in [6, 6.07) is 5.80. The van der Waals surface area contributed by atoms with Crippen molar-refractivity contribution in [2.45, 2.75) is 18.9 Å². The highest BCUT2D eigenvalue weighted by Crippen LogP contribution is 2.21. The molecule has 1 aliphatic rings. The van der Waals surface area contributed by atoms with Crippen LogP contribution in [0.5, 0.6) is 0 Å². The van der Waals surface area contributed by atoms with Crippen LogP contribution in [0.15, 0.2) is 18.2 Å². The van der Waals surface area contributed by atoms with Gasteiger partial charge in [-0.05, 0) is 37.6 Å². The Morgan fingerprint density at radius 2 is 2.44 bits per heavy atom. The van der Waals surface area contributed by atoms with Crippen molar-refractivity contribution in [1.29, 1.82) is 0 Å². The fourth-order valence-electron chi connectivity index (χ4n) is 2.07. The minimum Gasteiger partial charge on any atom is -0.465 e. The Morgan fingerprint density at radius 3 is 3.11 bits per heavy atom. The fraction of sp³-hybridized carbons (Fsp3) is 0.462. The Labute approximate surface area is 112 Å². The van der Waals surface area contributed by atoms with E-state index < -0.39 is 5.97 Å². The highest BCUT2D eigenvalue weighted by Gasteiger charge is 2.14. The molecule has 0 amide bonds. The van der Waals surface area contributed by atoms with Crippen molar-refractivity contribution in [2.75, 3.05) is 25.5 Å². The van der Waals surface area contributed by atoms with Crippen LogP contribution in [0.3, 0.4) is 0 Å². The largest absolute Gasteiger partial charge is 0.465 e. The van der Waals surface area contributed by atoms with Crippen molar-refractivity contribution in [3.63, 3.8) is 0 Å². The number of benzene rings is 1. The molecule has 1 fully saturated rings. The highest BCUT2D eigenvalue weighted by atomic mass is 35.5. The molecular formula is C13H17ClN2O2. The monoisotopic (exact) mass is 268 g/mol. The molecule has 0 spiro atoms. The van der Waals surface area contributed by atoms with Crippen LogP contribution >= 0.6 is 11.6 Å². The van der Waals surface area contributed by atoms with Crippen LogP contribution in [-0.2, 0) is 4.74 Å². The zero-order valence-electron chi connectivity index (χ0n) is 10.3. The number of ether oxygens (including phenoxy) is 1. The third kappa shape index (κ3) is 3.15. The molecule has 1 aromatic carbocycles. The smallest absolute Gasteiger partial charge is 0.339 e. The zero-order chi connectivity index (χ0) is 13.0. The lowest BCUT2D eigenvalue weighted by Crippen LogP contribution is -2.29. The molecule has 0 aromatic heterocycles. The van der Waals surface area contributed by atoms with Gasteiger partial charge in [-0.3, -0.25) is 0 Å². The van der Waals surface area contributed by atoms with Crippen LogP contribution < -0.4 is 10.6 Å².